The standard InChI is InChI=1S/C24H20ClN3O/c1-15-7-8-16(2)23-21(15)22-24(27-20-6-4-3-5-19(20)26-22)28(23)13-14-29-18-11-9-17(25)10-12-18/h3-12H,13-14H2,1-2H3. The highest BCUT2D eigenvalue weighted by Crippen LogP contribution is 2.32. The van der Waals surface area contributed by atoms with Crippen LogP contribution in [0.25, 0.3) is 33.1 Å². The van der Waals surface area contributed by atoms with Crippen molar-refractivity contribution in [3.05, 3.63) is 76.8 Å². The third kappa shape index (κ3) is 3.10. The Morgan fingerprint density at radius 2 is 1.55 bits per heavy atom. The van der Waals surface area contributed by atoms with Crippen LogP contribution < -0.4 is 4.74 Å². The number of ether oxygens (including phenoxy) is 1. The molecule has 5 aromatic rings. The molecule has 144 valence electrons. The number of hydrogen-bond donors (Lipinski definition) is 0. The number of benzene rings is 3. The number of nitrogens with zero attached hydrogens (tertiary/aromatic N) is 3. The van der Waals surface area contributed by atoms with E-state index in [-0.39, 0.29) is 0 Å². The van der Waals surface area contributed by atoms with Crippen LogP contribution in [-0.4, -0.2) is 21.1 Å². The average Bonchev–Trinajstić information content (AvgIpc) is 3.05. The van der Waals surface area contributed by atoms with Crippen molar-refractivity contribution in [1.29, 1.82) is 0 Å². The smallest absolute Gasteiger partial charge is 0.160 e. The summed E-state index contributed by atoms with van der Waals surface area (Å²) >= 11 is 5.96. The second kappa shape index (κ2) is 7.05. The fourth-order valence-electron chi connectivity index (χ4n) is 3.90. The van der Waals surface area contributed by atoms with Gasteiger partial charge in [0.25, 0.3) is 0 Å². The lowest BCUT2D eigenvalue weighted by molar-refractivity contribution is 0.302. The van der Waals surface area contributed by atoms with Crippen molar-refractivity contribution in [2.45, 2.75) is 20.4 Å². The molecule has 3 aromatic carbocycles. The molecule has 0 aliphatic carbocycles. The minimum Gasteiger partial charge on any atom is -0.492 e. The van der Waals surface area contributed by atoms with Gasteiger partial charge in [0.1, 0.15) is 17.9 Å². The van der Waals surface area contributed by atoms with Crippen LogP contribution in [0.3, 0.4) is 0 Å². The molecule has 0 atom stereocenters. The van der Waals surface area contributed by atoms with Gasteiger partial charge in [-0.3, -0.25) is 0 Å². The Hall–Kier alpha value is -3.11. The number of fused-ring (bicyclic) bond motifs is 4. The molecule has 0 saturated heterocycles. The molecule has 5 heteroatoms. The van der Waals surface area contributed by atoms with Gasteiger partial charge in [0.15, 0.2) is 5.65 Å². The number of hydrogen-bond acceptors (Lipinski definition) is 3. The van der Waals surface area contributed by atoms with Gasteiger partial charge in [-0.1, -0.05) is 35.9 Å². The summed E-state index contributed by atoms with van der Waals surface area (Å²) in [7, 11) is 0. The van der Waals surface area contributed by atoms with Crippen molar-refractivity contribution in [1.82, 2.24) is 14.5 Å². The third-order valence-electron chi connectivity index (χ3n) is 5.30. The molecule has 0 bridgehead atoms. The maximum absolute atomic E-state index is 5.96. The van der Waals surface area contributed by atoms with Gasteiger partial charge in [-0.2, -0.15) is 0 Å². The molecule has 2 aromatic heterocycles. The van der Waals surface area contributed by atoms with E-state index in [4.69, 9.17) is 26.3 Å². The quantitative estimate of drug-likeness (QED) is 0.366. The summed E-state index contributed by atoms with van der Waals surface area (Å²) < 4.78 is 8.20. The normalized spacial score (nSPS) is 11.6. The summed E-state index contributed by atoms with van der Waals surface area (Å²) in [6.07, 6.45) is 0. The highest BCUT2D eigenvalue weighted by Gasteiger charge is 2.17. The summed E-state index contributed by atoms with van der Waals surface area (Å²) in [6.45, 7) is 5.48. The van der Waals surface area contributed by atoms with Crippen LogP contribution in [0.2, 0.25) is 5.02 Å². The van der Waals surface area contributed by atoms with Gasteiger partial charge in [-0.05, 0) is 61.4 Å². The first kappa shape index (κ1) is 18.0. The van der Waals surface area contributed by atoms with Crippen LogP contribution in [0.1, 0.15) is 11.1 Å². The second-order valence-corrected chi connectivity index (χ2v) is 7.70. The summed E-state index contributed by atoms with van der Waals surface area (Å²) in [5.41, 5.74) is 7.26. The molecule has 0 fully saturated rings. The number of halogens is 1. The number of aryl methyl sites for hydroxylation is 2. The van der Waals surface area contributed by atoms with Gasteiger partial charge >= 0.3 is 0 Å². The van der Waals surface area contributed by atoms with Crippen molar-refractivity contribution < 1.29 is 4.74 Å². The van der Waals surface area contributed by atoms with E-state index in [0.29, 0.717) is 18.2 Å². The van der Waals surface area contributed by atoms with E-state index < -0.39 is 0 Å². The Morgan fingerprint density at radius 3 is 2.31 bits per heavy atom. The predicted molar refractivity (Wildman–Crippen MR) is 119 cm³/mol. The number of para-hydroxylation sites is 2. The van der Waals surface area contributed by atoms with E-state index in [1.165, 1.54) is 22.0 Å². The van der Waals surface area contributed by atoms with E-state index in [0.717, 1.165) is 27.9 Å². The Kier molecular flexibility index (Phi) is 4.36. The zero-order valence-electron chi connectivity index (χ0n) is 16.3. The third-order valence-corrected chi connectivity index (χ3v) is 5.55. The van der Waals surface area contributed by atoms with Crippen LogP contribution in [0.4, 0.5) is 0 Å². The van der Waals surface area contributed by atoms with Gasteiger partial charge < -0.3 is 9.30 Å². The van der Waals surface area contributed by atoms with E-state index in [1.807, 2.05) is 48.5 Å². The van der Waals surface area contributed by atoms with E-state index in [9.17, 15) is 0 Å². The first-order valence-electron chi connectivity index (χ1n) is 9.65. The average molecular weight is 402 g/mol. The molecule has 0 amide bonds. The molecule has 4 nitrogen and oxygen atoms in total. The molecule has 0 saturated carbocycles. The lowest BCUT2D eigenvalue weighted by Gasteiger charge is -2.11. The maximum Gasteiger partial charge on any atom is 0.160 e. The van der Waals surface area contributed by atoms with E-state index in [2.05, 4.69) is 30.5 Å². The van der Waals surface area contributed by atoms with Gasteiger partial charge in [-0.25, -0.2) is 9.97 Å². The Morgan fingerprint density at radius 1 is 0.862 bits per heavy atom. The van der Waals surface area contributed by atoms with E-state index >= 15 is 0 Å². The van der Waals surface area contributed by atoms with Crippen molar-refractivity contribution in [3.63, 3.8) is 0 Å². The monoisotopic (exact) mass is 401 g/mol. The summed E-state index contributed by atoms with van der Waals surface area (Å²) in [4.78, 5) is 9.93. The van der Waals surface area contributed by atoms with Crippen molar-refractivity contribution in [2.24, 2.45) is 0 Å². The fraction of sp³-hybridized carbons (Fsp3) is 0.167. The van der Waals surface area contributed by atoms with Crippen molar-refractivity contribution >= 4 is 44.7 Å². The lowest BCUT2D eigenvalue weighted by Crippen LogP contribution is -2.09. The first-order chi connectivity index (χ1) is 14.1. The predicted octanol–water partition coefficient (Wildman–Crippen LogP) is 6.09. The number of rotatable bonds is 4. The Labute approximate surface area is 173 Å². The Balaban J connectivity index is 1.64. The Bertz CT molecular complexity index is 1360. The zero-order valence-corrected chi connectivity index (χ0v) is 17.1. The largest absolute Gasteiger partial charge is 0.492 e. The second-order valence-electron chi connectivity index (χ2n) is 7.26. The van der Waals surface area contributed by atoms with Gasteiger partial charge in [0, 0.05) is 10.4 Å². The topological polar surface area (TPSA) is 39.9 Å². The molecule has 0 spiro atoms. The fourth-order valence-corrected chi connectivity index (χ4v) is 4.02. The van der Waals surface area contributed by atoms with Crippen molar-refractivity contribution in [3.8, 4) is 5.75 Å². The first-order valence-corrected chi connectivity index (χ1v) is 10.0. The highest BCUT2D eigenvalue weighted by molar-refractivity contribution is 6.30. The lowest BCUT2D eigenvalue weighted by atomic mass is 10.1. The molecule has 0 radical (unpaired) electrons. The summed E-state index contributed by atoms with van der Waals surface area (Å²) in [6, 6.07) is 19.8. The molecule has 0 aliphatic heterocycles. The van der Waals surface area contributed by atoms with Gasteiger partial charge in [0.2, 0.25) is 0 Å². The number of aromatic nitrogens is 3. The molecular weight excluding hydrogens is 382 g/mol. The van der Waals surface area contributed by atoms with Gasteiger partial charge in [0.05, 0.1) is 23.1 Å². The molecular formula is C24H20ClN3O. The minimum atomic E-state index is 0.530. The van der Waals surface area contributed by atoms with Crippen LogP contribution in [0, 0.1) is 13.8 Å². The van der Waals surface area contributed by atoms with Crippen LogP contribution in [-0.2, 0) is 6.54 Å². The molecule has 2 heterocycles. The van der Waals surface area contributed by atoms with Gasteiger partial charge in [-0.15, -0.1) is 0 Å². The molecule has 0 N–H and O–H groups in total. The van der Waals surface area contributed by atoms with E-state index in [1.54, 1.807) is 0 Å². The SMILES string of the molecule is Cc1ccc(C)c2c1c1nc3ccccc3nc1n2CCOc1ccc(Cl)cc1. The molecule has 5 rings (SSSR count). The molecule has 0 unspecified atom stereocenters. The van der Waals surface area contributed by atoms with Crippen molar-refractivity contribution in [2.75, 3.05) is 6.61 Å². The summed E-state index contributed by atoms with van der Waals surface area (Å²) in [5.74, 6) is 0.805. The highest BCUT2D eigenvalue weighted by atomic mass is 35.5. The van der Waals surface area contributed by atoms with Crippen LogP contribution in [0.15, 0.2) is 60.7 Å². The van der Waals surface area contributed by atoms with Crippen LogP contribution >= 0.6 is 11.6 Å². The minimum absolute atomic E-state index is 0.530. The van der Waals surface area contributed by atoms with Crippen LogP contribution in [0.5, 0.6) is 5.75 Å². The maximum atomic E-state index is 5.96. The molecule has 0 aliphatic rings. The summed E-state index contributed by atoms with van der Waals surface area (Å²) in [5, 5.41) is 1.87. The zero-order chi connectivity index (χ0) is 20.0. The molecule has 29 heavy (non-hydrogen) atoms.